The number of amides is 3. The Morgan fingerprint density at radius 1 is 0.875 bits per heavy atom. The van der Waals surface area contributed by atoms with E-state index in [0.29, 0.717) is 22.9 Å². The molecule has 1 N–H and O–H groups in total. The van der Waals surface area contributed by atoms with Crippen LogP contribution in [0, 0.1) is 5.92 Å². The lowest BCUT2D eigenvalue weighted by Crippen LogP contribution is -2.43. The van der Waals surface area contributed by atoms with Gasteiger partial charge in [0.05, 0.1) is 5.57 Å². The molecule has 1 aromatic carbocycles. The average Bonchev–Trinajstić information content (AvgIpc) is 2.99. The summed E-state index contributed by atoms with van der Waals surface area (Å²) < 4.78 is 0. The fraction of sp³-hybridized carbons (Fsp3) is 0.577. The highest BCUT2D eigenvalue weighted by Crippen LogP contribution is 2.37. The minimum Gasteiger partial charge on any atom is -0.366 e. The third-order valence-corrected chi connectivity index (χ3v) is 7.12. The Kier molecular flexibility index (Phi) is 6.97. The van der Waals surface area contributed by atoms with Crippen molar-refractivity contribution in [2.45, 2.75) is 77.7 Å². The number of carbonyl (C=O) groups excluding carboxylic acids is 3. The van der Waals surface area contributed by atoms with Crippen molar-refractivity contribution in [3.8, 4) is 0 Å². The van der Waals surface area contributed by atoms with Gasteiger partial charge in [0.1, 0.15) is 5.70 Å². The predicted molar refractivity (Wildman–Crippen MR) is 126 cm³/mol. The number of imide groups is 1. The number of piperidine rings is 1. The normalized spacial score (nSPS) is 21.7. The summed E-state index contributed by atoms with van der Waals surface area (Å²) in [5, 5.41) is 2.77. The Balaban J connectivity index is 1.68. The van der Waals surface area contributed by atoms with Gasteiger partial charge in [-0.25, -0.2) is 0 Å². The van der Waals surface area contributed by atoms with E-state index in [1.54, 1.807) is 17.0 Å². The number of benzene rings is 1. The van der Waals surface area contributed by atoms with E-state index in [9.17, 15) is 14.4 Å². The summed E-state index contributed by atoms with van der Waals surface area (Å²) in [5.74, 6) is 0.237. The lowest BCUT2D eigenvalue weighted by molar-refractivity contribution is -0.140. The van der Waals surface area contributed by atoms with E-state index < -0.39 is 0 Å². The van der Waals surface area contributed by atoms with Crippen LogP contribution in [0.3, 0.4) is 0 Å². The van der Waals surface area contributed by atoms with Crippen LogP contribution in [0.2, 0.25) is 0 Å². The van der Waals surface area contributed by atoms with Crippen molar-refractivity contribution in [2.75, 3.05) is 18.4 Å². The number of carbonyl (C=O) groups is 3. The highest BCUT2D eigenvalue weighted by Gasteiger charge is 2.44. The molecule has 4 rings (SSSR count). The van der Waals surface area contributed by atoms with Crippen LogP contribution in [0.15, 0.2) is 30.0 Å². The summed E-state index contributed by atoms with van der Waals surface area (Å²) in [4.78, 5) is 42.6. The molecule has 6 heteroatoms. The van der Waals surface area contributed by atoms with Gasteiger partial charge < -0.3 is 10.2 Å². The van der Waals surface area contributed by atoms with Crippen molar-refractivity contribution in [2.24, 2.45) is 5.92 Å². The maximum atomic E-state index is 13.7. The van der Waals surface area contributed by atoms with E-state index in [4.69, 9.17) is 0 Å². The fourth-order valence-electron chi connectivity index (χ4n) is 5.27. The molecule has 2 aliphatic heterocycles. The van der Waals surface area contributed by atoms with Crippen molar-refractivity contribution >= 4 is 29.0 Å². The molecule has 1 aliphatic carbocycles. The molecule has 0 spiro atoms. The van der Waals surface area contributed by atoms with Crippen LogP contribution in [-0.2, 0) is 14.4 Å². The number of anilines is 1. The molecule has 1 saturated carbocycles. The number of nitrogens with zero attached hydrogens (tertiary/aromatic N) is 2. The summed E-state index contributed by atoms with van der Waals surface area (Å²) in [6.07, 6.45) is 9.59. The number of hydrogen-bond acceptors (Lipinski definition) is 4. The summed E-state index contributed by atoms with van der Waals surface area (Å²) in [6.45, 7) is 5.33. The first-order valence-electron chi connectivity index (χ1n) is 12.2. The Bertz CT molecular complexity index is 889. The molecule has 1 aromatic rings. The van der Waals surface area contributed by atoms with Gasteiger partial charge in [-0.1, -0.05) is 51.2 Å². The second-order valence-electron chi connectivity index (χ2n) is 9.63. The van der Waals surface area contributed by atoms with Gasteiger partial charge in [0.15, 0.2) is 0 Å². The molecule has 1 saturated heterocycles. The molecule has 3 amide bonds. The lowest BCUT2D eigenvalue weighted by atomic mass is 9.95. The van der Waals surface area contributed by atoms with Gasteiger partial charge in [0.25, 0.3) is 11.8 Å². The zero-order valence-corrected chi connectivity index (χ0v) is 19.4. The lowest BCUT2D eigenvalue weighted by Gasteiger charge is -2.33. The van der Waals surface area contributed by atoms with Crippen molar-refractivity contribution in [1.82, 2.24) is 9.80 Å². The molecule has 172 valence electrons. The van der Waals surface area contributed by atoms with Crippen LogP contribution in [0.5, 0.6) is 0 Å². The van der Waals surface area contributed by atoms with E-state index in [1.165, 1.54) is 26.2 Å². The van der Waals surface area contributed by atoms with Gasteiger partial charge in [-0.05, 0) is 49.3 Å². The van der Waals surface area contributed by atoms with E-state index in [1.807, 2.05) is 12.1 Å². The van der Waals surface area contributed by atoms with Crippen LogP contribution in [0.1, 0.15) is 77.2 Å². The highest BCUT2D eigenvalue weighted by molar-refractivity contribution is 6.35. The molecular weight excluding hydrogens is 402 g/mol. The summed E-state index contributed by atoms with van der Waals surface area (Å²) in [5.41, 5.74) is 2.54. The maximum absolute atomic E-state index is 13.7. The Morgan fingerprint density at radius 3 is 2.06 bits per heavy atom. The van der Waals surface area contributed by atoms with Crippen LogP contribution in [0.25, 0.3) is 5.57 Å². The predicted octanol–water partition coefficient (Wildman–Crippen LogP) is 4.57. The largest absolute Gasteiger partial charge is 0.366 e. The minimum absolute atomic E-state index is 0.00910. The second-order valence-corrected chi connectivity index (χ2v) is 9.63. The molecule has 2 fully saturated rings. The van der Waals surface area contributed by atoms with Gasteiger partial charge in [-0.2, -0.15) is 0 Å². The molecule has 3 aliphatic rings. The average molecular weight is 438 g/mol. The van der Waals surface area contributed by atoms with Gasteiger partial charge in [0.2, 0.25) is 5.91 Å². The zero-order valence-electron chi connectivity index (χ0n) is 19.4. The molecular formula is C26H35N3O3. The molecule has 32 heavy (non-hydrogen) atoms. The molecule has 6 nitrogen and oxygen atoms in total. The molecule has 0 radical (unpaired) electrons. The number of hydrogen-bond donors (Lipinski definition) is 1. The molecule has 0 atom stereocenters. The number of rotatable bonds is 4. The molecule has 0 bridgehead atoms. The van der Waals surface area contributed by atoms with Gasteiger partial charge >= 0.3 is 0 Å². The van der Waals surface area contributed by atoms with Crippen molar-refractivity contribution < 1.29 is 14.4 Å². The second kappa shape index (κ2) is 9.88. The summed E-state index contributed by atoms with van der Waals surface area (Å²) in [6, 6.07) is 7.29. The quantitative estimate of drug-likeness (QED) is 0.701. The van der Waals surface area contributed by atoms with Crippen molar-refractivity contribution in [3.63, 3.8) is 0 Å². The van der Waals surface area contributed by atoms with E-state index in [2.05, 4.69) is 17.1 Å². The monoisotopic (exact) mass is 437 g/mol. The van der Waals surface area contributed by atoms with Crippen molar-refractivity contribution in [3.05, 3.63) is 35.5 Å². The Labute approximate surface area is 191 Å². The van der Waals surface area contributed by atoms with Crippen LogP contribution < -0.4 is 5.32 Å². The SMILES string of the molecule is CC(=O)Nc1ccc(C2=C(N3CCC(C)CC3)C(=O)N(C3CCCCCCC3)C2=O)cc1. The van der Waals surface area contributed by atoms with E-state index >= 15 is 0 Å². The standard InChI is InChI=1S/C26H35N3O3/c1-18-14-16-28(17-15-18)24-23(20-10-12-21(13-11-20)27-19(2)30)25(31)29(26(24)32)22-8-6-4-3-5-7-9-22/h10-13,18,22H,3-9,14-17H2,1-2H3,(H,27,30). The van der Waals surface area contributed by atoms with E-state index in [0.717, 1.165) is 57.2 Å². The first kappa shape index (κ1) is 22.6. The third-order valence-electron chi connectivity index (χ3n) is 7.12. The third kappa shape index (κ3) is 4.74. The van der Waals surface area contributed by atoms with Crippen LogP contribution in [0.4, 0.5) is 5.69 Å². The highest BCUT2D eigenvalue weighted by atomic mass is 16.2. The molecule has 0 unspecified atom stereocenters. The van der Waals surface area contributed by atoms with Gasteiger partial charge in [0, 0.05) is 31.7 Å². The summed E-state index contributed by atoms with van der Waals surface area (Å²) in [7, 11) is 0. The zero-order chi connectivity index (χ0) is 22.7. The Morgan fingerprint density at radius 2 is 1.47 bits per heavy atom. The fourth-order valence-corrected chi connectivity index (χ4v) is 5.27. The number of likely N-dealkylation sites (tertiary alicyclic amines) is 1. The smallest absolute Gasteiger partial charge is 0.278 e. The van der Waals surface area contributed by atoms with Crippen LogP contribution >= 0.6 is 0 Å². The minimum atomic E-state index is -0.151. The maximum Gasteiger partial charge on any atom is 0.278 e. The first-order chi connectivity index (χ1) is 15.5. The molecule has 2 heterocycles. The first-order valence-corrected chi connectivity index (χ1v) is 12.2. The van der Waals surface area contributed by atoms with Gasteiger partial charge in [-0.15, -0.1) is 0 Å². The van der Waals surface area contributed by atoms with Gasteiger partial charge in [-0.3, -0.25) is 19.3 Å². The summed E-state index contributed by atoms with van der Waals surface area (Å²) >= 11 is 0. The van der Waals surface area contributed by atoms with Crippen molar-refractivity contribution in [1.29, 1.82) is 0 Å². The Hall–Kier alpha value is -2.63. The number of nitrogens with one attached hydrogen (secondary N) is 1. The van der Waals surface area contributed by atoms with E-state index in [-0.39, 0.29) is 23.8 Å². The molecule has 0 aromatic heterocycles. The topological polar surface area (TPSA) is 69.7 Å². The van der Waals surface area contributed by atoms with Crippen LogP contribution in [-0.4, -0.2) is 46.7 Å².